The van der Waals surface area contributed by atoms with Crippen molar-refractivity contribution in [3.8, 4) is 22.6 Å². The Balaban J connectivity index is 2.10. The molecule has 0 atom stereocenters. The molecular weight excluding hydrogens is 240 g/mol. The lowest BCUT2D eigenvalue weighted by atomic mass is 10.0. The molecule has 0 unspecified atom stereocenters. The Morgan fingerprint density at radius 3 is 2.68 bits per heavy atom. The van der Waals surface area contributed by atoms with Crippen LogP contribution in [0.15, 0.2) is 47.4 Å². The summed E-state index contributed by atoms with van der Waals surface area (Å²) in [6.45, 7) is 2.03. The fourth-order valence-corrected chi connectivity index (χ4v) is 1.89. The molecule has 0 saturated heterocycles. The first-order chi connectivity index (χ1) is 9.24. The highest BCUT2D eigenvalue weighted by Crippen LogP contribution is 2.27. The van der Waals surface area contributed by atoms with Crippen molar-refractivity contribution in [3.63, 3.8) is 0 Å². The summed E-state index contributed by atoms with van der Waals surface area (Å²) in [5.74, 6) is 1.14. The van der Waals surface area contributed by atoms with Crippen LogP contribution in [-0.2, 0) is 0 Å². The zero-order chi connectivity index (χ0) is 13.2. The van der Waals surface area contributed by atoms with E-state index < -0.39 is 0 Å². The predicted molar refractivity (Wildman–Crippen MR) is 72.1 cm³/mol. The van der Waals surface area contributed by atoms with Gasteiger partial charge in [-0.05, 0) is 18.6 Å². The molecule has 0 bridgehead atoms. The molecule has 5 heteroatoms. The minimum atomic E-state index is 0.410. The van der Waals surface area contributed by atoms with Gasteiger partial charge in [-0.3, -0.25) is 4.98 Å². The first kappa shape index (κ1) is 11.4. The molecule has 0 aliphatic carbocycles. The second-order valence-corrected chi connectivity index (χ2v) is 4.23. The average molecular weight is 252 g/mol. The largest absolute Gasteiger partial charge is 0.382 e. The van der Waals surface area contributed by atoms with Gasteiger partial charge in [0.1, 0.15) is 5.82 Å². The van der Waals surface area contributed by atoms with Crippen LogP contribution in [0.5, 0.6) is 0 Å². The summed E-state index contributed by atoms with van der Waals surface area (Å²) in [6, 6.07) is 7.84. The van der Waals surface area contributed by atoms with Crippen LogP contribution < -0.4 is 5.73 Å². The third kappa shape index (κ3) is 2.18. The van der Waals surface area contributed by atoms with E-state index in [2.05, 4.69) is 15.1 Å². The van der Waals surface area contributed by atoms with E-state index >= 15 is 0 Å². The molecule has 94 valence electrons. The average Bonchev–Trinajstić information content (AvgIpc) is 2.94. The molecule has 1 aromatic carbocycles. The van der Waals surface area contributed by atoms with Gasteiger partial charge in [-0.25, -0.2) is 4.98 Å². The molecule has 0 aliphatic heterocycles. The van der Waals surface area contributed by atoms with Crippen molar-refractivity contribution in [2.24, 2.45) is 0 Å². The molecule has 3 aromatic rings. The number of anilines is 1. The van der Waals surface area contributed by atoms with E-state index in [1.165, 1.54) is 0 Å². The van der Waals surface area contributed by atoms with E-state index in [0.29, 0.717) is 5.82 Å². The summed E-state index contributed by atoms with van der Waals surface area (Å²) in [5, 5.41) is 3.72. The van der Waals surface area contributed by atoms with E-state index in [1.807, 2.05) is 31.2 Å². The molecule has 0 radical (unpaired) electrons. The van der Waals surface area contributed by atoms with E-state index in [4.69, 9.17) is 10.3 Å². The molecule has 2 aromatic heterocycles. The Labute approximate surface area is 110 Å². The van der Waals surface area contributed by atoms with Crippen LogP contribution in [0, 0.1) is 6.92 Å². The predicted octanol–water partition coefficient (Wildman–Crippen LogP) is 2.69. The van der Waals surface area contributed by atoms with Crippen LogP contribution >= 0.6 is 0 Å². The summed E-state index contributed by atoms with van der Waals surface area (Å²) in [4.78, 5) is 8.37. The number of hydrogen-bond donors (Lipinski definition) is 1. The second-order valence-electron chi connectivity index (χ2n) is 4.23. The van der Waals surface area contributed by atoms with Crippen molar-refractivity contribution in [1.82, 2.24) is 15.1 Å². The Kier molecular flexibility index (Phi) is 2.72. The highest BCUT2D eigenvalue weighted by atomic mass is 16.5. The maximum Gasteiger partial charge on any atom is 0.166 e. The summed E-state index contributed by atoms with van der Waals surface area (Å²) in [7, 11) is 0. The lowest BCUT2D eigenvalue weighted by Crippen LogP contribution is -1.94. The number of hydrogen-bond acceptors (Lipinski definition) is 5. The number of nitrogens with two attached hydrogens (primary N) is 1. The standard InChI is InChI=1S/C14H12N4O/c1-9-2-3-10(13-4-5-18-19-13)6-11(9)12-7-17-14(15)8-16-12/h2-8H,1H3,(H2,15,17). The van der Waals surface area contributed by atoms with Crippen molar-refractivity contribution in [3.05, 3.63) is 48.4 Å². The van der Waals surface area contributed by atoms with Gasteiger partial charge in [0.2, 0.25) is 0 Å². The van der Waals surface area contributed by atoms with Crippen LogP contribution in [0.2, 0.25) is 0 Å². The number of nitrogens with zero attached hydrogens (tertiary/aromatic N) is 3. The van der Waals surface area contributed by atoms with Crippen molar-refractivity contribution in [1.29, 1.82) is 0 Å². The summed E-state index contributed by atoms with van der Waals surface area (Å²) < 4.78 is 5.16. The molecule has 19 heavy (non-hydrogen) atoms. The third-order valence-electron chi connectivity index (χ3n) is 2.91. The van der Waals surface area contributed by atoms with Crippen LogP contribution in [-0.4, -0.2) is 15.1 Å². The van der Waals surface area contributed by atoms with Gasteiger partial charge in [-0.2, -0.15) is 0 Å². The van der Waals surface area contributed by atoms with Gasteiger partial charge < -0.3 is 10.3 Å². The highest BCUT2D eigenvalue weighted by Gasteiger charge is 2.08. The first-order valence-electron chi connectivity index (χ1n) is 5.83. The minimum absolute atomic E-state index is 0.410. The zero-order valence-electron chi connectivity index (χ0n) is 10.4. The summed E-state index contributed by atoms with van der Waals surface area (Å²) in [6.07, 6.45) is 4.84. The summed E-state index contributed by atoms with van der Waals surface area (Å²) in [5.41, 5.74) is 9.41. The smallest absolute Gasteiger partial charge is 0.166 e. The van der Waals surface area contributed by atoms with Crippen LogP contribution in [0.3, 0.4) is 0 Å². The lowest BCUT2D eigenvalue weighted by molar-refractivity contribution is 0.432. The Morgan fingerprint density at radius 1 is 1.11 bits per heavy atom. The molecule has 2 N–H and O–H groups in total. The van der Waals surface area contributed by atoms with Crippen molar-refractivity contribution < 1.29 is 4.52 Å². The van der Waals surface area contributed by atoms with Gasteiger partial charge in [0.05, 0.1) is 24.3 Å². The topological polar surface area (TPSA) is 77.8 Å². The highest BCUT2D eigenvalue weighted by molar-refractivity contribution is 5.71. The van der Waals surface area contributed by atoms with E-state index in [-0.39, 0.29) is 0 Å². The monoisotopic (exact) mass is 252 g/mol. The Bertz CT molecular complexity index is 690. The maximum absolute atomic E-state index is 5.55. The third-order valence-corrected chi connectivity index (χ3v) is 2.91. The molecule has 0 aliphatic rings. The maximum atomic E-state index is 5.55. The molecule has 0 saturated carbocycles. The number of aromatic nitrogens is 3. The summed E-state index contributed by atoms with van der Waals surface area (Å²) >= 11 is 0. The van der Waals surface area contributed by atoms with Gasteiger partial charge in [0, 0.05) is 17.2 Å². The number of benzene rings is 1. The van der Waals surface area contributed by atoms with Crippen LogP contribution in [0.1, 0.15) is 5.56 Å². The fraction of sp³-hybridized carbons (Fsp3) is 0.0714. The van der Waals surface area contributed by atoms with E-state index in [1.54, 1.807) is 18.6 Å². The van der Waals surface area contributed by atoms with Crippen LogP contribution in [0.25, 0.3) is 22.6 Å². The Hall–Kier alpha value is -2.69. The molecule has 2 heterocycles. The fourth-order valence-electron chi connectivity index (χ4n) is 1.89. The first-order valence-corrected chi connectivity index (χ1v) is 5.83. The van der Waals surface area contributed by atoms with E-state index in [9.17, 15) is 0 Å². The van der Waals surface area contributed by atoms with Crippen molar-refractivity contribution in [2.75, 3.05) is 5.73 Å². The molecule has 5 nitrogen and oxygen atoms in total. The number of nitrogen functional groups attached to an aromatic ring is 1. The normalized spacial score (nSPS) is 10.6. The molecule has 0 amide bonds. The van der Waals surface area contributed by atoms with E-state index in [0.717, 1.165) is 28.1 Å². The van der Waals surface area contributed by atoms with Gasteiger partial charge in [-0.15, -0.1) is 0 Å². The van der Waals surface area contributed by atoms with Gasteiger partial charge in [0.15, 0.2) is 5.76 Å². The lowest BCUT2D eigenvalue weighted by Gasteiger charge is -2.06. The minimum Gasteiger partial charge on any atom is -0.382 e. The number of rotatable bonds is 2. The molecule has 0 spiro atoms. The quantitative estimate of drug-likeness (QED) is 0.758. The molecule has 3 rings (SSSR count). The van der Waals surface area contributed by atoms with Crippen LogP contribution in [0.4, 0.5) is 5.82 Å². The van der Waals surface area contributed by atoms with Crippen molar-refractivity contribution >= 4 is 5.82 Å². The zero-order valence-corrected chi connectivity index (χ0v) is 10.4. The van der Waals surface area contributed by atoms with Crippen molar-refractivity contribution in [2.45, 2.75) is 6.92 Å². The number of aryl methyl sites for hydroxylation is 1. The molecular formula is C14H12N4O. The van der Waals surface area contributed by atoms with Gasteiger partial charge >= 0.3 is 0 Å². The Morgan fingerprint density at radius 2 is 2.00 bits per heavy atom. The SMILES string of the molecule is Cc1ccc(-c2ccno2)cc1-c1cnc(N)cn1. The second kappa shape index (κ2) is 4.53. The van der Waals surface area contributed by atoms with Gasteiger partial charge in [0.25, 0.3) is 0 Å². The molecule has 0 fully saturated rings. The van der Waals surface area contributed by atoms with Gasteiger partial charge in [-0.1, -0.05) is 17.3 Å².